The van der Waals surface area contributed by atoms with E-state index in [0.717, 1.165) is 48.2 Å². The van der Waals surface area contributed by atoms with Crippen molar-refractivity contribution in [3.8, 4) is 11.1 Å². The molecule has 5 heteroatoms. The van der Waals surface area contributed by atoms with E-state index >= 15 is 0 Å². The van der Waals surface area contributed by atoms with Gasteiger partial charge in [0.2, 0.25) is 0 Å². The molecule has 5 nitrogen and oxygen atoms in total. The van der Waals surface area contributed by atoms with E-state index in [-0.39, 0.29) is 12.6 Å². The molecule has 0 unspecified atom stereocenters. The molecule has 1 aromatic heterocycles. The molecule has 0 spiro atoms. The van der Waals surface area contributed by atoms with Crippen LogP contribution in [0.2, 0.25) is 0 Å². The molecule has 3 aromatic carbocycles. The number of hydrogen-bond acceptors (Lipinski definition) is 4. The van der Waals surface area contributed by atoms with Crippen molar-refractivity contribution in [1.29, 1.82) is 0 Å². The van der Waals surface area contributed by atoms with Gasteiger partial charge in [0.05, 0.1) is 0 Å². The van der Waals surface area contributed by atoms with Gasteiger partial charge in [-0.3, -0.25) is 0 Å². The molecule has 162 valence electrons. The predicted molar refractivity (Wildman–Crippen MR) is 129 cm³/mol. The molecule has 1 fully saturated rings. The Hall–Kier alpha value is -3.57. The van der Waals surface area contributed by atoms with Gasteiger partial charge in [-0.25, -0.2) is 4.79 Å². The quantitative estimate of drug-likeness (QED) is 0.460. The highest BCUT2D eigenvalue weighted by Gasteiger charge is 2.19. The maximum Gasteiger partial charge on any atom is 0.355 e. The maximum absolute atomic E-state index is 12.7. The molecule has 5 rings (SSSR count). The fourth-order valence-corrected chi connectivity index (χ4v) is 4.22. The van der Waals surface area contributed by atoms with Crippen LogP contribution in [-0.2, 0) is 11.3 Å². The number of aromatic amines is 1. The number of esters is 1. The van der Waals surface area contributed by atoms with Crippen LogP contribution in [-0.4, -0.2) is 49.1 Å². The number of rotatable bonds is 5. The Balaban J connectivity index is 1.27. The van der Waals surface area contributed by atoms with Crippen LogP contribution in [0.3, 0.4) is 0 Å². The molecule has 0 bridgehead atoms. The number of nitrogens with one attached hydrogen (secondary N) is 1. The molecular formula is C27H27N3O2. The van der Waals surface area contributed by atoms with Crippen molar-refractivity contribution in [2.75, 3.05) is 38.1 Å². The zero-order valence-corrected chi connectivity index (χ0v) is 18.3. The third-order valence-corrected chi connectivity index (χ3v) is 6.14. The molecule has 1 aliphatic heterocycles. The molecule has 0 amide bonds. The van der Waals surface area contributed by atoms with Crippen molar-refractivity contribution >= 4 is 22.6 Å². The SMILES string of the molecule is CN1CCN(c2cccc3[nH]c(C(=O)OCc4ccc(-c5ccccc5)cc4)cc23)CC1. The third kappa shape index (κ3) is 4.25. The summed E-state index contributed by atoms with van der Waals surface area (Å²) in [5.74, 6) is -0.335. The Bertz CT molecular complexity index is 1210. The number of ether oxygens (including phenoxy) is 1. The zero-order valence-electron chi connectivity index (χ0n) is 18.3. The Morgan fingerprint density at radius 3 is 2.34 bits per heavy atom. The summed E-state index contributed by atoms with van der Waals surface area (Å²) in [6, 6.07) is 26.5. The molecule has 0 saturated carbocycles. The van der Waals surface area contributed by atoms with E-state index in [4.69, 9.17) is 4.74 Å². The highest BCUT2D eigenvalue weighted by molar-refractivity contribution is 6.00. The summed E-state index contributed by atoms with van der Waals surface area (Å²) in [4.78, 5) is 20.7. The maximum atomic E-state index is 12.7. The van der Waals surface area contributed by atoms with Crippen molar-refractivity contribution in [2.45, 2.75) is 6.61 Å². The number of fused-ring (bicyclic) bond motifs is 1. The number of carbonyl (C=O) groups is 1. The van der Waals surface area contributed by atoms with Crippen molar-refractivity contribution < 1.29 is 9.53 Å². The first-order valence-electron chi connectivity index (χ1n) is 11.0. The smallest absolute Gasteiger partial charge is 0.355 e. The topological polar surface area (TPSA) is 48.6 Å². The number of nitrogens with zero attached hydrogens (tertiary/aromatic N) is 2. The van der Waals surface area contributed by atoms with Gasteiger partial charge in [-0.05, 0) is 41.9 Å². The van der Waals surface area contributed by atoms with Crippen LogP contribution in [0.1, 0.15) is 16.1 Å². The molecule has 1 aliphatic rings. The fourth-order valence-electron chi connectivity index (χ4n) is 4.22. The van der Waals surface area contributed by atoms with Crippen molar-refractivity contribution in [3.63, 3.8) is 0 Å². The lowest BCUT2D eigenvalue weighted by Crippen LogP contribution is -2.44. The van der Waals surface area contributed by atoms with E-state index in [1.165, 1.54) is 11.3 Å². The number of H-pyrrole nitrogens is 1. The van der Waals surface area contributed by atoms with Crippen LogP contribution in [0.5, 0.6) is 0 Å². The van der Waals surface area contributed by atoms with Crippen molar-refractivity contribution in [1.82, 2.24) is 9.88 Å². The minimum atomic E-state index is -0.335. The van der Waals surface area contributed by atoms with Crippen LogP contribution in [0, 0.1) is 0 Å². The predicted octanol–water partition coefficient (Wildman–Crippen LogP) is 4.94. The molecule has 0 radical (unpaired) electrons. The minimum Gasteiger partial charge on any atom is -0.456 e. The molecule has 0 aliphatic carbocycles. The molecule has 1 saturated heterocycles. The van der Waals surface area contributed by atoms with Crippen LogP contribution in [0.25, 0.3) is 22.0 Å². The molecule has 4 aromatic rings. The Morgan fingerprint density at radius 2 is 1.59 bits per heavy atom. The Morgan fingerprint density at radius 1 is 0.875 bits per heavy atom. The largest absolute Gasteiger partial charge is 0.456 e. The van der Waals surface area contributed by atoms with Gasteiger partial charge < -0.3 is 19.5 Å². The number of benzene rings is 3. The van der Waals surface area contributed by atoms with Crippen molar-refractivity contribution in [3.05, 3.63) is 90.1 Å². The summed E-state index contributed by atoms with van der Waals surface area (Å²) >= 11 is 0. The number of aromatic nitrogens is 1. The van der Waals surface area contributed by atoms with E-state index in [1.807, 2.05) is 48.5 Å². The number of hydrogen-bond donors (Lipinski definition) is 1. The normalized spacial score (nSPS) is 14.6. The van der Waals surface area contributed by atoms with E-state index in [1.54, 1.807) is 0 Å². The molecule has 32 heavy (non-hydrogen) atoms. The van der Waals surface area contributed by atoms with Crippen LogP contribution in [0.15, 0.2) is 78.9 Å². The average molecular weight is 426 g/mol. The minimum absolute atomic E-state index is 0.245. The second kappa shape index (κ2) is 8.89. The molecular weight excluding hydrogens is 398 g/mol. The Kier molecular flexibility index (Phi) is 5.65. The van der Waals surface area contributed by atoms with E-state index in [9.17, 15) is 4.79 Å². The van der Waals surface area contributed by atoms with Gasteiger partial charge in [0, 0.05) is 42.8 Å². The van der Waals surface area contributed by atoms with Gasteiger partial charge in [0.15, 0.2) is 0 Å². The lowest BCUT2D eigenvalue weighted by molar-refractivity contribution is 0.0467. The van der Waals surface area contributed by atoms with Gasteiger partial charge in [-0.1, -0.05) is 60.7 Å². The highest BCUT2D eigenvalue weighted by Crippen LogP contribution is 2.29. The first-order chi connectivity index (χ1) is 15.7. The second-order valence-electron chi connectivity index (χ2n) is 8.35. The average Bonchev–Trinajstić information content (AvgIpc) is 3.29. The monoisotopic (exact) mass is 425 g/mol. The van der Waals surface area contributed by atoms with Crippen molar-refractivity contribution in [2.24, 2.45) is 0 Å². The van der Waals surface area contributed by atoms with Gasteiger partial charge in [0.25, 0.3) is 0 Å². The van der Waals surface area contributed by atoms with Gasteiger partial charge in [-0.15, -0.1) is 0 Å². The third-order valence-electron chi connectivity index (χ3n) is 6.14. The number of anilines is 1. The Labute approximate surface area is 188 Å². The molecule has 2 heterocycles. The summed E-state index contributed by atoms with van der Waals surface area (Å²) in [6.07, 6.45) is 0. The summed E-state index contributed by atoms with van der Waals surface area (Å²) in [5.41, 5.74) is 5.90. The van der Waals surface area contributed by atoms with E-state index in [2.05, 4.69) is 52.2 Å². The number of carbonyl (C=O) groups excluding carboxylic acids is 1. The highest BCUT2D eigenvalue weighted by atomic mass is 16.5. The summed E-state index contributed by atoms with van der Waals surface area (Å²) in [7, 11) is 2.15. The second-order valence-corrected chi connectivity index (χ2v) is 8.35. The molecule has 0 atom stereocenters. The van der Waals surface area contributed by atoms with Crippen LogP contribution >= 0.6 is 0 Å². The number of piperazine rings is 1. The summed E-state index contributed by atoms with van der Waals surface area (Å²) < 4.78 is 5.60. The number of likely N-dealkylation sites (N-methyl/N-ethyl adjacent to an activating group) is 1. The first kappa shape index (κ1) is 20.3. The van der Waals surface area contributed by atoms with Gasteiger partial charge >= 0.3 is 5.97 Å². The van der Waals surface area contributed by atoms with E-state index < -0.39 is 0 Å². The summed E-state index contributed by atoms with van der Waals surface area (Å²) in [6.45, 7) is 4.30. The van der Waals surface area contributed by atoms with Crippen LogP contribution < -0.4 is 4.90 Å². The molecule has 1 N–H and O–H groups in total. The first-order valence-corrected chi connectivity index (χ1v) is 11.0. The van der Waals surface area contributed by atoms with Gasteiger partial charge in [-0.2, -0.15) is 0 Å². The zero-order chi connectivity index (χ0) is 21.9. The lowest BCUT2D eigenvalue weighted by Gasteiger charge is -2.34. The van der Waals surface area contributed by atoms with Gasteiger partial charge in [0.1, 0.15) is 12.3 Å². The lowest BCUT2D eigenvalue weighted by atomic mass is 10.0. The summed E-state index contributed by atoms with van der Waals surface area (Å²) in [5, 5.41) is 1.07. The van der Waals surface area contributed by atoms with Crippen LogP contribution in [0.4, 0.5) is 5.69 Å². The van der Waals surface area contributed by atoms with E-state index in [0.29, 0.717) is 5.69 Å². The standard InChI is InChI=1S/C27H27N3O2/c1-29-14-16-30(17-15-29)26-9-5-8-24-23(26)18-25(28-24)27(31)32-19-20-10-12-22(13-11-20)21-6-3-2-4-7-21/h2-13,18,28H,14-17,19H2,1H3. The fraction of sp³-hybridized carbons (Fsp3) is 0.222.